The lowest BCUT2D eigenvalue weighted by Crippen LogP contribution is -2.53. The van der Waals surface area contributed by atoms with Gasteiger partial charge in [-0.2, -0.15) is 0 Å². The summed E-state index contributed by atoms with van der Waals surface area (Å²) >= 11 is 0. The molecule has 0 bridgehead atoms. The molecule has 1 unspecified atom stereocenters. The Hall–Kier alpha value is -2.41. The van der Waals surface area contributed by atoms with Crippen LogP contribution >= 0.6 is 0 Å². The van der Waals surface area contributed by atoms with Gasteiger partial charge in [0.05, 0.1) is 5.52 Å². The fourth-order valence-corrected chi connectivity index (χ4v) is 4.97. The standard InChI is InChI=1S/C24H35N5O2/c1-4-19(3)26-11-13-28(14-12-26)24(31)20-6-9-27(10-7-20)23(30)17-29-16-18(2)21-15-25-8-5-22(21)29/h5,8,15-16,19-20H,4,6-7,9-14,17H2,1-3H3. The molecule has 2 amide bonds. The summed E-state index contributed by atoms with van der Waals surface area (Å²) in [5.41, 5.74) is 2.18. The van der Waals surface area contributed by atoms with Crippen molar-refractivity contribution in [3.05, 3.63) is 30.2 Å². The van der Waals surface area contributed by atoms with Gasteiger partial charge in [0.2, 0.25) is 11.8 Å². The van der Waals surface area contributed by atoms with Crippen LogP contribution in [0.3, 0.4) is 0 Å². The third-order valence-electron chi connectivity index (χ3n) is 7.22. The van der Waals surface area contributed by atoms with Gasteiger partial charge in [-0.05, 0) is 44.7 Å². The van der Waals surface area contributed by atoms with Crippen molar-refractivity contribution >= 4 is 22.7 Å². The first-order chi connectivity index (χ1) is 15.0. The Labute approximate surface area is 185 Å². The third-order valence-corrected chi connectivity index (χ3v) is 7.22. The van der Waals surface area contributed by atoms with Crippen molar-refractivity contribution in [3.63, 3.8) is 0 Å². The number of aromatic nitrogens is 2. The lowest BCUT2D eigenvalue weighted by atomic mass is 9.94. The average molecular weight is 426 g/mol. The van der Waals surface area contributed by atoms with E-state index in [2.05, 4.69) is 23.7 Å². The number of piperidine rings is 1. The molecule has 0 N–H and O–H groups in total. The van der Waals surface area contributed by atoms with E-state index in [0.29, 0.717) is 25.7 Å². The molecule has 7 nitrogen and oxygen atoms in total. The Morgan fingerprint density at radius 1 is 1.10 bits per heavy atom. The van der Waals surface area contributed by atoms with Crippen LogP contribution in [-0.4, -0.2) is 81.4 Å². The number of nitrogens with zero attached hydrogens (tertiary/aromatic N) is 5. The number of aryl methyl sites for hydroxylation is 1. The number of amides is 2. The smallest absolute Gasteiger partial charge is 0.242 e. The molecule has 31 heavy (non-hydrogen) atoms. The minimum atomic E-state index is 0.0555. The van der Waals surface area contributed by atoms with Crippen LogP contribution in [0.25, 0.3) is 10.9 Å². The summed E-state index contributed by atoms with van der Waals surface area (Å²) in [6.45, 7) is 11.8. The number of fused-ring (bicyclic) bond motifs is 1. The average Bonchev–Trinajstić information content (AvgIpc) is 3.13. The quantitative estimate of drug-likeness (QED) is 0.739. The Kier molecular flexibility index (Phi) is 6.60. The number of pyridine rings is 1. The maximum Gasteiger partial charge on any atom is 0.242 e. The predicted molar refractivity (Wildman–Crippen MR) is 122 cm³/mol. The molecule has 2 saturated heterocycles. The zero-order valence-corrected chi connectivity index (χ0v) is 19.1. The van der Waals surface area contributed by atoms with Crippen LogP contribution < -0.4 is 0 Å². The van der Waals surface area contributed by atoms with Gasteiger partial charge in [0.15, 0.2) is 0 Å². The van der Waals surface area contributed by atoms with Gasteiger partial charge < -0.3 is 14.4 Å². The molecule has 4 heterocycles. The highest BCUT2D eigenvalue weighted by Crippen LogP contribution is 2.23. The van der Waals surface area contributed by atoms with Crippen LogP contribution in [0.1, 0.15) is 38.7 Å². The summed E-state index contributed by atoms with van der Waals surface area (Å²) in [5.74, 6) is 0.470. The maximum atomic E-state index is 13.0. The molecule has 0 spiro atoms. The summed E-state index contributed by atoms with van der Waals surface area (Å²) in [6.07, 6.45) is 8.33. The molecular formula is C24H35N5O2. The van der Waals surface area contributed by atoms with Crippen molar-refractivity contribution in [2.45, 2.75) is 52.6 Å². The summed E-state index contributed by atoms with van der Waals surface area (Å²) in [6, 6.07) is 2.55. The number of carbonyl (C=O) groups is 2. The number of rotatable bonds is 5. The van der Waals surface area contributed by atoms with E-state index in [9.17, 15) is 9.59 Å². The monoisotopic (exact) mass is 425 g/mol. The molecule has 2 aromatic heterocycles. The fraction of sp³-hybridized carbons (Fsp3) is 0.625. The number of piperazine rings is 1. The topological polar surface area (TPSA) is 61.7 Å². The second-order valence-electron chi connectivity index (χ2n) is 9.11. The van der Waals surface area contributed by atoms with E-state index in [1.54, 1.807) is 6.20 Å². The molecule has 168 valence electrons. The SMILES string of the molecule is CCC(C)N1CCN(C(=O)C2CCN(C(=O)Cn3cc(C)c4cnccc43)CC2)CC1. The van der Waals surface area contributed by atoms with E-state index in [1.807, 2.05) is 39.8 Å². The van der Waals surface area contributed by atoms with Gasteiger partial charge in [-0.25, -0.2) is 0 Å². The van der Waals surface area contributed by atoms with Crippen LogP contribution in [0, 0.1) is 12.8 Å². The number of carbonyl (C=O) groups excluding carboxylic acids is 2. The molecule has 4 rings (SSSR count). The molecule has 0 radical (unpaired) electrons. The van der Waals surface area contributed by atoms with Gasteiger partial charge in [0.25, 0.3) is 0 Å². The third kappa shape index (κ3) is 4.61. The van der Waals surface area contributed by atoms with Gasteiger partial charge >= 0.3 is 0 Å². The van der Waals surface area contributed by atoms with E-state index >= 15 is 0 Å². The minimum absolute atomic E-state index is 0.0555. The highest BCUT2D eigenvalue weighted by atomic mass is 16.2. The van der Waals surface area contributed by atoms with Crippen molar-refractivity contribution in [2.75, 3.05) is 39.3 Å². The maximum absolute atomic E-state index is 13.0. The molecule has 1 atom stereocenters. The predicted octanol–water partition coefficient (Wildman–Crippen LogP) is 2.53. The molecule has 2 aliphatic rings. The van der Waals surface area contributed by atoms with E-state index in [1.165, 1.54) is 0 Å². The summed E-state index contributed by atoms with van der Waals surface area (Å²) < 4.78 is 2.02. The molecule has 0 saturated carbocycles. The number of hydrogen-bond donors (Lipinski definition) is 0. The molecule has 2 aromatic rings. The Bertz CT molecular complexity index is 923. The van der Waals surface area contributed by atoms with Crippen molar-refractivity contribution in [1.29, 1.82) is 0 Å². The van der Waals surface area contributed by atoms with E-state index in [-0.39, 0.29) is 17.7 Å². The second-order valence-corrected chi connectivity index (χ2v) is 9.11. The first kappa shape index (κ1) is 21.8. The molecule has 2 fully saturated rings. The van der Waals surface area contributed by atoms with Crippen LogP contribution in [0.15, 0.2) is 24.7 Å². The van der Waals surface area contributed by atoms with E-state index in [0.717, 1.165) is 61.9 Å². The van der Waals surface area contributed by atoms with E-state index < -0.39 is 0 Å². The zero-order valence-electron chi connectivity index (χ0n) is 19.1. The Balaban J connectivity index is 1.28. The molecule has 0 aliphatic carbocycles. The lowest BCUT2D eigenvalue weighted by molar-refractivity contribution is -0.142. The first-order valence-electron chi connectivity index (χ1n) is 11.7. The van der Waals surface area contributed by atoms with Crippen LogP contribution in [0.2, 0.25) is 0 Å². The van der Waals surface area contributed by atoms with Crippen LogP contribution in [0.4, 0.5) is 0 Å². The Morgan fingerprint density at radius 3 is 2.48 bits per heavy atom. The van der Waals surface area contributed by atoms with Crippen molar-refractivity contribution < 1.29 is 9.59 Å². The van der Waals surface area contributed by atoms with Crippen molar-refractivity contribution in [2.24, 2.45) is 5.92 Å². The Morgan fingerprint density at radius 2 is 1.81 bits per heavy atom. The molecule has 2 aliphatic heterocycles. The van der Waals surface area contributed by atoms with Gasteiger partial charge in [-0.1, -0.05) is 6.92 Å². The molecule has 7 heteroatoms. The highest BCUT2D eigenvalue weighted by Gasteiger charge is 2.32. The fourth-order valence-electron chi connectivity index (χ4n) is 4.97. The van der Waals surface area contributed by atoms with Crippen molar-refractivity contribution in [1.82, 2.24) is 24.3 Å². The highest BCUT2D eigenvalue weighted by molar-refractivity contribution is 5.85. The minimum Gasteiger partial charge on any atom is -0.341 e. The van der Waals surface area contributed by atoms with Crippen molar-refractivity contribution in [3.8, 4) is 0 Å². The zero-order chi connectivity index (χ0) is 22.0. The first-order valence-corrected chi connectivity index (χ1v) is 11.7. The number of likely N-dealkylation sites (tertiary alicyclic amines) is 1. The lowest BCUT2D eigenvalue weighted by Gasteiger charge is -2.40. The van der Waals surface area contributed by atoms with Gasteiger partial charge in [0, 0.05) is 75.2 Å². The van der Waals surface area contributed by atoms with Crippen LogP contribution in [0.5, 0.6) is 0 Å². The second kappa shape index (κ2) is 9.39. The number of hydrogen-bond acceptors (Lipinski definition) is 4. The van der Waals surface area contributed by atoms with Gasteiger partial charge in [-0.15, -0.1) is 0 Å². The van der Waals surface area contributed by atoms with Crippen LogP contribution in [-0.2, 0) is 16.1 Å². The van der Waals surface area contributed by atoms with E-state index in [4.69, 9.17) is 0 Å². The summed E-state index contributed by atoms with van der Waals surface area (Å²) in [7, 11) is 0. The largest absolute Gasteiger partial charge is 0.341 e. The van der Waals surface area contributed by atoms with Gasteiger partial charge in [0.1, 0.15) is 6.54 Å². The van der Waals surface area contributed by atoms with Gasteiger partial charge in [-0.3, -0.25) is 19.5 Å². The summed E-state index contributed by atoms with van der Waals surface area (Å²) in [4.78, 5) is 36.6. The molecular weight excluding hydrogens is 390 g/mol. The summed E-state index contributed by atoms with van der Waals surface area (Å²) in [5, 5.41) is 1.09. The molecule has 0 aromatic carbocycles. The normalized spacial score (nSPS) is 19.7.